The van der Waals surface area contributed by atoms with Gasteiger partial charge in [0.1, 0.15) is 5.75 Å². The molecule has 0 saturated carbocycles. The molecule has 0 aliphatic carbocycles. The predicted octanol–water partition coefficient (Wildman–Crippen LogP) is 4.64. The van der Waals surface area contributed by atoms with Gasteiger partial charge in [-0.2, -0.15) is 13.2 Å². The van der Waals surface area contributed by atoms with Gasteiger partial charge in [-0.25, -0.2) is 4.98 Å². The summed E-state index contributed by atoms with van der Waals surface area (Å²) in [6, 6.07) is 11.6. The van der Waals surface area contributed by atoms with Gasteiger partial charge in [-0.15, -0.1) is 11.8 Å². The van der Waals surface area contributed by atoms with E-state index in [0.29, 0.717) is 33.6 Å². The number of aryl methyl sites for hydroxylation is 1. The molecule has 1 aliphatic rings. The molecule has 11 heteroatoms. The summed E-state index contributed by atoms with van der Waals surface area (Å²) < 4.78 is 46.2. The number of para-hydroxylation sites is 1. The zero-order chi connectivity index (χ0) is 23.6. The van der Waals surface area contributed by atoms with E-state index < -0.39 is 17.6 Å². The predicted molar refractivity (Wildman–Crippen MR) is 122 cm³/mol. The van der Waals surface area contributed by atoms with E-state index in [1.54, 1.807) is 24.3 Å². The molecule has 0 unspecified atom stereocenters. The van der Waals surface area contributed by atoms with Crippen molar-refractivity contribution in [2.24, 2.45) is 0 Å². The SMILES string of the molecule is COc1ccc(-n2c(SCC(=O)Nc3ccccc3C(F)(F)F)nc3c(c2=O)SCC3)cc1. The number of hydrogen-bond donors (Lipinski definition) is 1. The minimum absolute atomic E-state index is 0.222. The van der Waals surface area contributed by atoms with Crippen LogP contribution in [0.2, 0.25) is 0 Å². The van der Waals surface area contributed by atoms with E-state index in [9.17, 15) is 22.8 Å². The zero-order valence-electron chi connectivity index (χ0n) is 17.3. The van der Waals surface area contributed by atoms with E-state index in [4.69, 9.17) is 4.74 Å². The molecule has 0 saturated heterocycles. The van der Waals surface area contributed by atoms with Crippen molar-refractivity contribution in [3.05, 3.63) is 70.1 Å². The number of nitrogens with one attached hydrogen (secondary N) is 1. The fourth-order valence-corrected chi connectivity index (χ4v) is 5.16. The van der Waals surface area contributed by atoms with E-state index >= 15 is 0 Å². The molecule has 1 N–H and O–H groups in total. The quantitative estimate of drug-likeness (QED) is 0.399. The Bertz CT molecular complexity index is 1240. The number of alkyl halides is 3. The lowest BCUT2D eigenvalue weighted by atomic mass is 10.1. The van der Waals surface area contributed by atoms with Crippen LogP contribution in [0.15, 0.2) is 63.4 Å². The molecule has 4 rings (SSSR count). The Balaban J connectivity index is 1.60. The number of amides is 1. The number of fused-ring (bicyclic) bond motifs is 1. The first-order chi connectivity index (χ1) is 15.8. The lowest BCUT2D eigenvalue weighted by Gasteiger charge is -2.15. The Kier molecular flexibility index (Phi) is 6.71. The van der Waals surface area contributed by atoms with Gasteiger partial charge in [0.25, 0.3) is 5.56 Å². The summed E-state index contributed by atoms with van der Waals surface area (Å²) in [5, 5.41) is 2.61. The number of halogens is 3. The number of carbonyl (C=O) groups is 1. The zero-order valence-corrected chi connectivity index (χ0v) is 18.9. The van der Waals surface area contributed by atoms with Crippen LogP contribution in [0, 0.1) is 0 Å². The Morgan fingerprint density at radius 1 is 1.21 bits per heavy atom. The van der Waals surface area contributed by atoms with Crippen LogP contribution in [0.4, 0.5) is 18.9 Å². The third-order valence-electron chi connectivity index (χ3n) is 4.84. The van der Waals surface area contributed by atoms with Gasteiger partial charge < -0.3 is 10.1 Å². The summed E-state index contributed by atoms with van der Waals surface area (Å²) in [4.78, 5) is 30.8. The van der Waals surface area contributed by atoms with Gasteiger partial charge in [-0.3, -0.25) is 14.2 Å². The van der Waals surface area contributed by atoms with Crippen molar-refractivity contribution < 1.29 is 22.7 Å². The Hall–Kier alpha value is -2.92. The number of benzene rings is 2. The van der Waals surface area contributed by atoms with E-state index in [1.807, 2.05) is 0 Å². The number of aromatic nitrogens is 2. The molecular weight excluding hydrogens is 475 g/mol. The van der Waals surface area contributed by atoms with Crippen molar-refractivity contribution in [2.45, 2.75) is 22.6 Å². The number of thioether (sulfide) groups is 2. The highest BCUT2D eigenvalue weighted by Gasteiger charge is 2.33. The number of anilines is 1. The van der Waals surface area contributed by atoms with Gasteiger partial charge in [-0.1, -0.05) is 23.9 Å². The summed E-state index contributed by atoms with van der Waals surface area (Å²) in [6.45, 7) is 0. The summed E-state index contributed by atoms with van der Waals surface area (Å²) in [7, 11) is 1.53. The molecule has 1 amide bonds. The standard InChI is InChI=1S/C22H18F3N3O3S2/c1-31-14-8-6-13(7-9-14)28-20(30)19-17(10-11-32-19)27-21(28)33-12-18(29)26-16-5-3-2-4-15(16)22(23,24)25/h2-9H,10-12H2,1H3,(H,26,29). The minimum atomic E-state index is -4.59. The van der Waals surface area contributed by atoms with Gasteiger partial charge in [0.2, 0.25) is 5.91 Å². The summed E-state index contributed by atoms with van der Waals surface area (Å²) in [6.07, 6.45) is -3.96. The monoisotopic (exact) mass is 493 g/mol. The first-order valence-electron chi connectivity index (χ1n) is 9.80. The average molecular weight is 494 g/mol. The van der Waals surface area contributed by atoms with Crippen LogP contribution in [0.25, 0.3) is 5.69 Å². The molecule has 2 aromatic carbocycles. The number of hydrogen-bond acceptors (Lipinski definition) is 6. The highest BCUT2D eigenvalue weighted by atomic mass is 32.2. The highest BCUT2D eigenvalue weighted by molar-refractivity contribution is 8.00. The summed E-state index contributed by atoms with van der Waals surface area (Å²) in [5.41, 5.74) is -0.264. The lowest BCUT2D eigenvalue weighted by molar-refractivity contribution is -0.137. The molecule has 172 valence electrons. The topological polar surface area (TPSA) is 73.2 Å². The smallest absolute Gasteiger partial charge is 0.418 e. The maximum Gasteiger partial charge on any atom is 0.418 e. The number of rotatable bonds is 6. The number of ether oxygens (including phenoxy) is 1. The summed E-state index contributed by atoms with van der Waals surface area (Å²) in [5.74, 6) is 0.498. The van der Waals surface area contributed by atoms with Crippen LogP contribution in [0.1, 0.15) is 11.3 Å². The van der Waals surface area contributed by atoms with Gasteiger partial charge in [0, 0.05) is 12.2 Å². The molecule has 1 aliphatic heterocycles. The number of carbonyl (C=O) groups excluding carboxylic acids is 1. The number of methoxy groups -OCH3 is 1. The van der Waals surface area contributed by atoms with Crippen molar-refractivity contribution in [3.63, 3.8) is 0 Å². The molecular formula is C22H18F3N3O3S2. The van der Waals surface area contributed by atoms with Crippen molar-refractivity contribution >= 4 is 35.1 Å². The van der Waals surface area contributed by atoms with Crippen LogP contribution in [-0.2, 0) is 17.4 Å². The third kappa shape index (κ3) is 5.03. The Morgan fingerprint density at radius 3 is 2.64 bits per heavy atom. The molecule has 1 aromatic heterocycles. The first kappa shape index (κ1) is 23.2. The molecule has 3 aromatic rings. The minimum Gasteiger partial charge on any atom is -0.497 e. The molecule has 0 fully saturated rings. The maximum absolute atomic E-state index is 13.2. The first-order valence-corrected chi connectivity index (χ1v) is 11.8. The average Bonchev–Trinajstić information content (AvgIpc) is 3.27. The molecule has 0 bridgehead atoms. The van der Waals surface area contributed by atoms with Crippen molar-refractivity contribution in [1.82, 2.24) is 9.55 Å². The Labute approximate surface area is 195 Å². The van der Waals surface area contributed by atoms with Gasteiger partial charge >= 0.3 is 6.18 Å². The molecule has 6 nitrogen and oxygen atoms in total. The second kappa shape index (κ2) is 9.52. The van der Waals surface area contributed by atoms with Crippen LogP contribution < -0.4 is 15.6 Å². The van der Waals surface area contributed by atoms with Crippen molar-refractivity contribution in [3.8, 4) is 11.4 Å². The third-order valence-corrected chi connectivity index (χ3v) is 6.88. The van der Waals surface area contributed by atoms with Gasteiger partial charge in [-0.05, 0) is 36.4 Å². The number of nitrogens with zero attached hydrogens (tertiary/aromatic N) is 2. The van der Waals surface area contributed by atoms with Crippen molar-refractivity contribution in [2.75, 3.05) is 23.9 Å². The lowest BCUT2D eigenvalue weighted by Crippen LogP contribution is -2.25. The van der Waals surface area contributed by atoms with Crippen LogP contribution in [-0.4, -0.2) is 34.1 Å². The fourth-order valence-electron chi connectivity index (χ4n) is 3.30. The fraction of sp³-hybridized carbons (Fsp3) is 0.227. The van der Waals surface area contributed by atoms with E-state index in [0.717, 1.165) is 23.6 Å². The van der Waals surface area contributed by atoms with Crippen LogP contribution in [0.5, 0.6) is 5.75 Å². The molecule has 2 heterocycles. The van der Waals surface area contributed by atoms with Gasteiger partial charge in [0.15, 0.2) is 5.16 Å². The molecule has 0 atom stereocenters. The molecule has 0 spiro atoms. The summed E-state index contributed by atoms with van der Waals surface area (Å²) >= 11 is 2.42. The van der Waals surface area contributed by atoms with Gasteiger partial charge in [0.05, 0.1) is 40.4 Å². The largest absolute Gasteiger partial charge is 0.497 e. The van der Waals surface area contributed by atoms with Crippen LogP contribution >= 0.6 is 23.5 Å². The highest BCUT2D eigenvalue weighted by Crippen LogP contribution is 2.35. The van der Waals surface area contributed by atoms with E-state index in [2.05, 4.69) is 10.3 Å². The second-order valence-corrected chi connectivity index (χ2v) is 9.04. The van der Waals surface area contributed by atoms with E-state index in [1.165, 1.54) is 41.6 Å². The molecule has 33 heavy (non-hydrogen) atoms. The maximum atomic E-state index is 13.2. The normalized spacial score (nSPS) is 13.0. The molecule has 0 radical (unpaired) electrons. The van der Waals surface area contributed by atoms with E-state index in [-0.39, 0.29) is 17.0 Å². The second-order valence-electron chi connectivity index (χ2n) is 6.99. The van der Waals surface area contributed by atoms with Crippen LogP contribution in [0.3, 0.4) is 0 Å². The Morgan fingerprint density at radius 2 is 1.94 bits per heavy atom. The van der Waals surface area contributed by atoms with Crippen molar-refractivity contribution in [1.29, 1.82) is 0 Å².